The van der Waals surface area contributed by atoms with Crippen LogP contribution >= 0.6 is 11.6 Å². The third-order valence-electron chi connectivity index (χ3n) is 2.76. The molecule has 6 heteroatoms. The molecule has 0 aliphatic rings. The molecule has 1 heterocycles. The number of hydrogen-bond donors (Lipinski definition) is 0. The van der Waals surface area contributed by atoms with E-state index in [2.05, 4.69) is 14.7 Å². The fraction of sp³-hybridized carbons (Fsp3) is 0.133. The summed E-state index contributed by atoms with van der Waals surface area (Å²) in [5.41, 5.74) is 1.61. The molecule has 21 heavy (non-hydrogen) atoms. The lowest BCUT2D eigenvalue weighted by molar-refractivity contribution is 0.0601. The van der Waals surface area contributed by atoms with Crippen LogP contribution in [0.1, 0.15) is 15.9 Å². The monoisotopic (exact) mass is 306 g/mol. The van der Waals surface area contributed by atoms with Crippen molar-refractivity contribution < 1.29 is 13.9 Å². The molecule has 1 aromatic carbocycles. The molecule has 4 nitrogen and oxygen atoms in total. The molecule has 0 amide bonds. The van der Waals surface area contributed by atoms with Crippen molar-refractivity contribution in [2.24, 2.45) is 4.99 Å². The number of pyridine rings is 1. The highest BCUT2D eigenvalue weighted by Gasteiger charge is 2.11. The Bertz CT molecular complexity index is 695. The van der Waals surface area contributed by atoms with E-state index in [1.54, 1.807) is 24.4 Å². The van der Waals surface area contributed by atoms with Crippen molar-refractivity contribution in [1.29, 1.82) is 0 Å². The van der Waals surface area contributed by atoms with E-state index in [-0.39, 0.29) is 11.3 Å². The first kappa shape index (κ1) is 15.1. The summed E-state index contributed by atoms with van der Waals surface area (Å²) in [6.07, 6.45) is 1.70. The number of carbonyl (C=O) groups excluding carboxylic acids is 1. The van der Waals surface area contributed by atoms with Gasteiger partial charge in [0.05, 0.1) is 24.1 Å². The molecule has 0 aliphatic heterocycles. The molecule has 1 aromatic heterocycles. The number of carbonyl (C=O) groups is 1. The molecular formula is C15H12ClFN2O2. The fourth-order valence-electron chi connectivity index (χ4n) is 1.80. The Hall–Kier alpha value is -2.27. The van der Waals surface area contributed by atoms with Crippen LogP contribution in [0.15, 0.2) is 41.5 Å². The maximum Gasteiger partial charge on any atom is 0.337 e. The number of hydrogen-bond acceptors (Lipinski definition) is 4. The normalized spacial score (nSPS) is 11.3. The summed E-state index contributed by atoms with van der Waals surface area (Å²) >= 11 is 5.15. The van der Waals surface area contributed by atoms with E-state index in [1.807, 2.05) is 13.0 Å². The number of methoxy groups -OCH3 is 1. The number of aryl methyl sites for hydroxylation is 1. The highest BCUT2D eigenvalue weighted by molar-refractivity contribution is 6.62. The second-order valence-electron chi connectivity index (χ2n) is 4.33. The molecule has 0 aliphatic carbocycles. The standard InChI is InChI=1S/C15H12ClFN2O2/c1-9-3-4-13(18-8-9)10-5-11(14(20)21-2)7-12(6-10)19-15(16)17/h3-8H,1-2H3/b19-15-. The van der Waals surface area contributed by atoms with Crippen LogP contribution in [-0.2, 0) is 4.74 Å². The maximum atomic E-state index is 12.8. The first-order valence-corrected chi connectivity index (χ1v) is 6.43. The second kappa shape index (κ2) is 6.45. The van der Waals surface area contributed by atoms with Crippen molar-refractivity contribution in [2.75, 3.05) is 7.11 Å². The topological polar surface area (TPSA) is 51.5 Å². The van der Waals surface area contributed by atoms with Gasteiger partial charge in [0.15, 0.2) is 0 Å². The number of benzene rings is 1. The van der Waals surface area contributed by atoms with Crippen LogP contribution in [0.2, 0.25) is 0 Å². The first-order chi connectivity index (χ1) is 9.99. The highest BCUT2D eigenvalue weighted by Crippen LogP contribution is 2.26. The fourth-order valence-corrected chi connectivity index (χ4v) is 1.89. The predicted octanol–water partition coefficient (Wildman–Crippen LogP) is 4.04. The number of ether oxygens (including phenoxy) is 1. The van der Waals surface area contributed by atoms with Gasteiger partial charge in [-0.05, 0) is 48.4 Å². The molecule has 0 saturated heterocycles. The van der Waals surface area contributed by atoms with Crippen LogP contribution in [0, 0.1) is 6.92 Å². The minimum Gasteiger partial charge on any atom is -0.465 e. The third kappa shape index (κ3) is 3.86. The largest absolute Gasteiger partial charge is 0.465 e. The Labute approximate surface area is 126 Å². The Morgan fingerprint density at radius 3 is 2.67 bits per heavy atom. The molecule has 2 aromatic rings. The summed E-state index contributed by atoms with van der Waals surface area (Å²) in [7, 11) is 1.27. The zero-order chi connectivity index (χ0) is 15.4. The Kier molecular flexibility index (Phi) is 4.65. The molecule has 0 N–H and O–H groups in total. The van der Waals surface area contributed by atoms with Gasteiger partial charge in [-0.1, -0.05) is 6.07 Å². The second-order valence-corrected chi connectivity index (χ2v) is 4.65. The van der Waals surface area contributed by atoms with Gasteiger partial charge in [0.2, 0.25) is 0 Å². The first-order valence-electron chi connectivity index (χ1n) is 6.05. The van der Waals surface area contributed by atoms with Crippen LogP contribution in [0.4, 0.5) is 10.1 Å². The van der Waals surface area contributed by atoms with Gasteiger partial charge in [0.25, 0.3) is 5.42 Å². The molecule has 0 atom stereocenters. The van der Waals surface area contributed by atoms with E-state index in [1.165, 1.54) is 13.2 Å². The third-order valence-corrected chi connectivity index (χ3v) is 2.84. The van der Waals surface area contributed by atoms with E-state index >= 15 is 0 Å². The summed E-state index contributed by atoms with van der Waals surface area (Å²) < 4.78 is 17.4. The van der Waals surface area contributed by atoms with Gasteiger partial charge in [0, 0.05) is 11.8 Å². The molecule has 0 fully saturated rings. The van der Waals surface area contributed by atoms with Crippen molar-refractivity contribution in [3.05, 3.63) is 47.7 Å². The number of aliphatic imine (C=N–C) groups is 1. The van der Waals surface area contributed by atoms with Gasteiger partial charge in [-0.25, -0.2) is 9.79 Å². The van der Waals surface area contributed by atoms with Crippen molar-refractivity contribution in [3.8, 4) is 11.3 Å². The molecule has 108 valence electrons. The summed E-state index contributed by atoms with van der Waals surface area (Å²) in [4.78, 5) is 19.5. The average Bonchev–Trinajstić information content (AvgIpc) is 2.46. The van der Waals surface area contributed by atoms with E-state index in [9.17, 15) is 9.18 Å². The van der Waals surface area contributed by atoms with Gasteiger partial charge in [-0.3, -0.25) is 4.98 Å². The van der Waals surface area contributed by atoms with Crippen molar-refractivity contribution >= 4 is 28.7 Å². The smallest absolute Gasteiger partial charge is 0.337 e. The Balaban J connectivity index is 2.56. The van der Waals surface area contributed by atoms with Crippen LogP contribution in [0.25, 0.3) is 11.3 Å². The van der Waals surface area contributed by atoms with Crippen molar-refractivity contribution in [2.45, 2.75) is 6.92 Å². The number of aromatic nitrogens is 1. The minimum absolute atomic E-state index is 0.211. The maximum absolute atomic E-state index is 12.8. The molecule has 2 rings (SSSR count). The van der Waals surface area contributed by atoms with E-state index in [0.29, 0.717) is 11.3 Å². The zero-order valence-electron chi connectivity index (χ0n) is 11.4. The van der Waals surface area contributed by atoms with Crippen molar-refractivity contribution in [1.82, 2.24) is 4.98 Å². The van der Waals surface area contributed by atoms with Crippen LogP contribution < -0.4 is 0 Å². The summed E-state index contributed by atoms with van der Waals surface area (Å²) in [5, 5.41) is 0. The molecule has 0 radical (unpaired) electrons. The predicted molar refractivity (Wildman–Crippen MR) is 79.8 cm³/mol. The summed E-state index contributed by atoms with van der Waals surface area (Å²) in [6, 6.07) is 8.28. The van der Waals surface area contributed by atoms with E-state index in [4.69, 9.17) is 11.6 Å². The number of halogens is 2. The number of esters is 1. The number of nitrogens with zero attached hydrogens (tertiary/aromatic N) is 2. The van der Waals surface area contributed by atoms with Gasteiger partial charge in [-0.15, -0.1) is 0 Å². The Morgan fingerprint density at radius 1 is 1.33 bits per heavy atom. The van der Waals surface area contributed by atoms with Gasteiger partial charge in [-0.2, -0.15) is 4.39 Å². The number of rotatable bonds is 3. The van der Waals surface area contributed by atoms with E-state index < -0.39 is 11.4 Å². The lowest BCUT2D eigenvalue weighted by atomic mass is 10.1. The highest BCUT2D eigenvalue weighted by atomic mass is 35.5. The quantitative estimate of drug-likeness (QED) is 0.635. The van der Waals surface area contributed by atoms with E-state index in [0.717, 1.165) is 5.56 Å². The average molecular weight is 307 g/mol. The Morgan fingerprint density at radius 2 is 2.10 bits per heavy atom. The van der Waals surface area contributed by atoms with Crippen LogP contribution in [0.5, 0.6) is 0 Å². The van der Waals surface area contributed by atoms with Crippen LogP contribution in [-0.4, -0.2) is 23.5 Å². The minimum atomic E-state index is -1.11. The summed E-state index contributed by atoms with van der Waals surface area (Å²) in [6.45, 7) is 1.92. The van der Waals surface area contributed by atoms with Crippen LogP contribution in [0.3, 0.4) is 0 Å². The lowest BCUT2D eigenvalue weighted by Gasteiger charge is -2.06. The molecule has 0 bridgehead atoms. The zero-order valence-corrected chi connectivity index (χ0v) is 12.2. The van der Waals surface area contributed by atoms with Crippen molar-refractivity contribution in [3.63, 3.8) is 0 Å². The molecule has 0 saturated carbocycles. The van der Waals surface area contributed by atoms with Gasteiger partial charge >= 0.3 is 5.97 Å². The molecule has 0 spiro atoms. The van der Waals surface area contributed by atoms with Gasteiger partial charge in [0.1, 0.15) is 0 Å². The molecule has 0 unspecified atom stereocenters. The SMILES string of the molecule is COC(=O)c1cc(/N=C(\F)Cl)cc(-c2ccc(C)cn2)c1. The lowest BCUT2D eigenvalue weighted by Crippen LogP contribution is -2.01. The van der Waals surface area contributed by atoms with Gasteiger partial charge < -0.3 is 4.74 Å². The summed E-state index contributed by atoms with van der Waals surface area (Å²) in [5.74, 6) is -0.546. The molecular weight excluding hydrogens is 295 g/mol.